The summed E-state index contributed by atoms with van der Waals surface area (Å²) < 4.78 is 15.2. The molecule has 0 atom stereocenters. The maximum Gasteiger partial charge on any atom is 0.343 e. The first-order chi connectivity index (χ1) is 13.4. The number of benzene rings is 2. The lowest BCUT2D eigenvalue weighted by Crippen LogP contribution is -2.27. The molecule has 0 aromatic heterocycles. The quantitative estimate of drug-likeness (QED) is 0.697. The standard InChI is InChI=1S/C20H22N2O6/c1-22(2)18(23)12-27-16-9-7-15(8-10-16)21-20(25)14-5-4-6-17(11-14)28-13-19(24)26-3/h4-11H,12-13H2,1-3H3,(H,21,25). The molecular formula is C20H22N2O6. The van der Waals surface area contributed by atoms with E-state index >= 15 is 0 Å². The Kier molecular flexibility index (Phi) is 7.38. The second-order valence-electron chi connectivity index (χ2n) is 5.95. The summed E-state index contributed by atoms with van der Waals surface area (Å²) in [6, 6.07) is 13.1. The number of carbonyl (C=O) groups excluding carboxylic acids is 3. The van der Waals surface area contributed by atoms with Gasteiger partial charge in [0.2, 0.25) is 0 Å². The molecule has 148 valence electrons. The molecule has 0 unspecified atom stereocenters. The Bertz CT molecular complexity index is 833. The molecule has 0 spiro atoms. The molecule has 8 nitrogen and oxygen atoms in total. The van der Waals surface area contributed by atoms with Crippen molar-refractivity contribution in [1.29, 1.82) is 0 Å². The number of rotatable bonds is 8. The molecule has 0 aliphatic rings. The average Bonchev–Trinajstić information content (AvgIpc) is 2.71. The number of amides is 2. The van der Waals surface area contributed by atoms with Gasteiger partial charge in [-0.1, -0.05) is 6.07 Å². The minimum Gasteiger partial charge on any atom is -0.484 e. The Morgan fingerprint density at radius 2 is 1.61 bits per heavy atom. The van der Waals surface area contributed by atoms with Crippen molar-refractivity contribution in [2.75, 3.05) is 39.7 Å². The summed E-state index contributed by atoms with van der Waals surface area (Å²) in [5.41, 5.74) is 0.941. The number of ether oxygens (including phenoxy) is 3. The number of anilines is 1. The number of hydrogen-bond acceptors (Lipinski definition) is 6. The summed E-state index contributed by atoms with van der Waals surface area (Å²) in [6.45, 7) is -0.295. The van der Waals surface area contributed by atoms with E-state index in [2.05, 4.69) is 10.1 Å². The molecule has 2 aromatic rings. The van der Waals surface area contributed by atoms with Gasteiger partial charge in [0.1, 0.15) is 11.5 Å². The van der Waals surface area contributed by atoms with Crippen LogP contribution in [0.2, 0.25) is 0 Å². The van der Waals surface area contributed by atoms with Gasteiger partial charge in [-0.25, -0.2) is 4.79 Å². The third-order valence-electron chi connectivity index (χ3n) is 3.65. The van der Waals surface area contributed by atoms with Crippen LogP contribution >= 0.6 is 0 Å². The molecular weight excluding hydrogens is 364 g/mol. The molecule has 8 heteroatoms. The zero-order chi connectivity index (χ0) is 20.5. The summed E-state index contributed by atoms with van der Waals surface area (Å²) in [6.07, 6.45) is 0. The van der Waals surface area contributed by atoms with Gasteiger partial charge in [-0.2, -0.15) is 0 Å². The number of nitrogens with zero attached hydrogens (tertiary/aromatic N) is 1. The van der Waals surface area contributed by atoms with Crippen molar-refractivity contribution in [2.45, 2.75) is 0 Å². The van der Waals surface area contributed by atoms with Gasteiger partial charge in [0.15, 0.2) is 13.2 Å². The predicted octanol–water partition coefficient (Wildman–Crippen LogP) is 1.96. The Hall–Kier alpha value is -3.55. The fourth-order valence-corrected chi connectivity index (χ4v) is 2.04. The molecule has 28 heavy (non-hydrogen) atoms. The van der Waals surface area contributed by atoms with Gasteiger partial charge in [0.25, 0.3) is 11.8 Å². The van der Waals surface area contributed by atoms with Crippen LogP contribution in [0, 0.1) is 0 Å². The van der Waals surface area contributed by atoms with Gasteiger partial charge in [-0.05, 0) is 42.5 Å². The van der Waals surface area contributed by atoms with Crippen LogP contribution in [0.15, 0.2) is 48.5 Å². The van der Waals surface area contributed by atoms with Gasteiger partial charge in [0, 0.05) is 25.3 Å². The first kappa shape index (κ1) is 20.8. The van der Waals surface area contributed by atoms with Crippen LogP contribution in [0.3, 0.4) is 0 Å². The molecule has 2 rings (SSSR count). The van der Waals surface area contributed by atoms with Gasteiger partial charge in [-0.15, -0.1) is 0 Å². The van der Waals surface area contributed by atoms with Crippen molar-refractivity contribution in [3.63, 3.8) is 0 Å². The van der Waals surface area contributed by atoms with E-state index < -0.39 is 5.97 Å². The van der Waals surface area contributed by atoms with Crippen LogP contribution < -0.4 is 14.8 Å². The van der Waals surface area contributed by atoms with Gasteiger partial charge >= 0.3 is 5.97 Å². The zero-order valence-electron chi connectivity index (χ0n) is 15.9. The predicted molar refractivity (Wildman–Crippen MR) is 103 cm³/mol. The summed E-state index contributed by atoms with van der Waals surface area (Å²) in [7, 11) is 4.58. The molecule has 0 radical (unpaired) electrons. The molecule has 2 amide bonds. The van der Waals surface area contributed by atoms with Crippen molar-refractivity contribution in [2.24, 2.45) is 0 Å². The van der Waals surface area contributed by atoms with Crippen LogP contribution in [-0.4, -0.2) is 57.1 Å². The second-order valence-corrected chi connectivity index (χ2v) is 5.95. The number of methoxy groups -OCH3 is 1. The monoisotopic (exact) mass is 386 g/mol. The van der Waals surface area contributed by atoms with Crippen LogP contribution in [0.5, 0.6) is 11.5 Å². The van der Waals surface area contributed by atoms with E-state index in [0.29, 0.717) is 22.7 Å². The normalized spacial score (nSPS) is 9.96. The van der Waals surface area contributed by atoms with Gasteiger partial charge in [0.05, 0.1) is 7.11 Å². The summed E-state index contributed by atoms with van der Waals surface area (Å²) >= 11 is 0. The zero-order valence-corrected chi connectivity index (χ0v) is 15.9. The van der Waals surface area contributed by atoms with Gasteiger partial charge in [-0.3, -0.25) is 9.59 Å². The molecule has 0 saturated heterocycles. The van der Waals surface area contributed by atoms with E-state index in [1.165, 1.54) is 18.1 Å². The van der Waals surface area contributed by atoms with Crippen molar-refractivity contribution in [3.8, 4) is 11.5 Å². The van der Waals surface area contributed by atoms with Crippen LogP contribution in [0.1, 0.15) is 10.4 Å². The molecule has 0 saturated carbocycles. The van der Waals surface area contributed by atoms with E-state index in [1.54, 1.807) is 56.6 Å². The second kappa shape index (κ2) is 9.96. The van der Waals surface area contributed by atoms with Crippen LogP contribution in [-0.2, 0) is 14.3 Å². The van der Waals surface area contributed by atoms with Crippen molar-refractivity contribution >= 4 is 23.5 Å². The van der Waals surface area contributed by atoms with E-state index in [4.69, 9.17) is 9.47 Å². The Balaban J connectivity index is 1.93. The van der Waals surface area contributed by atoms with Gasteiger partial charge < -0.3 is 24.4 Å². The van der Waals surface area contributed by atoms with E-state index in [0.717, 1.165) is 0 Å². The fourth-order valence-electron chi connectivity index (χ4n) is 2.04. The molecule has 0 fully saturated rings. The number of carbonyl (C=O) groups is 3. The summed E-state index contributed by atoms with van der Waals surface area (Å²) in [4.78, 5) is 36.5. The van der Waals surface area contributed by atoms with Crippen molar-refractivity contribution < 1.29 is 28.6 Å². The Morgan fingerprint density at radius 1 is 0.929 bits per heavy atom. The average molecular weight is 386 g/mol. The molecule has 1 N–H and O–H groups in total. The van der Waals surface area contributed by atoms with Crippen molar-refractivity contribution in [1.82, 2.24) is 4.90 Å². The highest BCUT2D eigenvalue weighted by Crippen LogP contribution is 2.18. The highest BCUT2D eigenvalue weighted by atomic mass is 16.6. The molecule has 2 aromatic carbocycles. The maximum atomic E-state index is 12.4. The van der Waals surface area contributed by atoms with E-state index in [-0.39, 0.29) is 25.0 Å². The number of nitrogens with one attached hydrogen (secondary N) is 1. The first-order valence-corrected chi connectivity index (χ1v) is 8.43. The lowest BCUT2D eigenvalue weighted by molar-refractivity contribution is -0.142. The third-order valence-corrected chi connectivity index (χ3v) is 3.65. The smallest absolute Gasteiger partial charge is 0.343 e. The number of esters is 1. The van der Waals surface area contributed by atoms with Crippen LogP contribution in [0.4, 0.5) is 5.69 Å². The molecule has 0 bridgehead atoms. The Labute approximate surface area is 163 Å². The highest BCUT2D eigenvalue weighted by molar-refractivity contribution is 6.04. The summed E-state index contributed by atoms with van der Waals surface area (Å²) in [5.74, 6) is -0.0881. The fraction of sp³-hybridized carbons (Fsp3) is 0.250. The molecule has 0 aliphatic carbocycles. The lowest BCUT2D eigenvalue weighted by Gasteiger charge is -2.12. The highest BCUT2D eigenvalue weighted by Gasteiger charge is 2.09. The molecule has 0 aliphatic heterocycles. The van der Waals surface area contributed by atoms with E-state index in [9.17, 15) is 14.4 Å². The molecule has 0 heterocycles. The topological polar surface area (TPSA) is 94.2 Å². The third kappa shape index (κ3) is 6.31. The number of hydrogen-bond donors (Lipinski definition) is 1. The number of likely N-dealkylation sites (N-methyl/N-ethyl adjacent to an activating group) is 1. The minimum absolute atomic E-state index is 0.0585. The lowest BCUT2D eigenvalue weighted by atomic mass is 10.2. The Morgan fingerprint density at radius 3 is 2.25 bits per heavy atom. The maximum absolute atomic E-state index is 12.4. The summed E-state index contributed by atoms with van der Waals surface area (Å²) in [5, 5.41) is 2.75. The van der Waals surface area contributed by atoms with Crippen LogP contribution in [0.25, 0.3) is 0 Å². The van der Waals surface area contributed by atoms with Crippen molar-refractivity contribution in [3.05, 3.63) is 54.1 Å². The first-order valence-electron chi connectivity index (χ1n) is 8.43. The SMILES string of the molecule is COC(=O)COc1cccc(C(=O)Nc2ccc(OCC(=O)N(C)C)cc2)c1. The minimum atomic E-state index is -0.510. The van der Waals surface area contributed by atoms with E-state index in [1.807, 2.05) is 0 Å². The largest absolute Gasteiger partial charge is 0.484 e.